The van der Waals surface area contributed by atoms with Gasteiger partial charge in [0.05, 0.1) is 5.60 Å². The van der Waals surface area contributed by atoms with E-state index in [1.807, 2.05) is 0 Å². The third-order valence-electron chi connectivity index (χ3n) is 4.04. The molecule has 2 nitrogen and oxygen atoms in total. The van der Waals surface area contributed by atoms with Crippen molar-refractivity contribution < 1.29 is 4.74 Å². The zero-order valence-corrected chi connectivity index (χ0v) is 12.9. The van der Waals surface area contributed by atoms with Crippen LogP contribution in [0.3, 0.4) is 0 Å². The molecule has 0 radical (unpaired) electrons. The van der Waals surface area contributed by atoms with Crippen LogP contribution in [0.1, 0.15) is 72.6 Å². The lowest BCUT2D eigenvalue weighted by Crippen LogP contribution is -2.48. The third kappa shape index (κ3) is 5.71. The summed E-state index contributed by atoms with van der Waals surface area (Å²) in [5.41, 5.74) is 0.121. The summed E-state index contributed by atoms with van der Waals surface area (Å²) < 4.78 is 6.33. The molecule has 0 aromatic carbocycles. The molecule has 1 N–H and O–H groups in total. The number of hydrogen-bond acceptors (Lipinski definition) is 2. The summed E-state index contributed by atoms with van der Waals surface area (Å²) in [5, 5.41) is 3.59. The van der Waals surface area contributed by atoms with Gasteiger partial charge in [0.15, 0.2) is 0 Å². The molecule has 1 saturated carbocycles. The van der Waals surface area contributed by atoms with Crippen LogP contribution in [0.2, 0.25) is 0 Å². The lowest BCUT2D eigenvalue weighted by Gasteiger charge is -2.40. The first-order valence-corrected chi connectivity index (χ1v) is 7.95. The predicted octanol–water partition coefficient (Wildman–Crippen LogP) is 4.14. The Morgan fingerprint density at radius 2 is 2.11 bits per heavy atom. The second-order valence-electron chi connectivity index (χ2n) is 6.48. The SMILES string of the molecule is CCCCCOC1(CNC(C)C)CCCC(C)C1. The summed E-state index contributed by atoms with van der Waals surface area (Å²) in [6.07, 6.45) is 8.97. The Morgan fingerprint density at radius 3 is 2.72 bits per heavy atom. The first-order chi connectivity index (χ1) is 8.58. The van der Waals surface area contributed by atoms with Gasteiger partial charge in [-0.2, -0.15) is 0 Å². The topological polar surface area (TPSA) is 21.3 Å². The molecule has 18 heavy (non-hydrogen) atoms. The third-order valence-corrected chi connectivity index (χ3v) is 4.04. The summed E-state index contributed by atoms with van der Waals surface area (Å²) in [6, 6.07) is 0.554. The molecule has 0 saturated heterocycles. The van der Waals surface area contributed by atoms with Gasteiger partial charge in [-0.25, -0.2) is 0 Å². The molecule has 1 aliphatic rings. The molecule has 0 spiro atoms. The first kappa shape index (κ1) is 16.0. The molecular weight excluding hydrogens is 222 g/mol. The van der Waals surface area contributed by atoms with Crippen molar-refractivity contribution in [2.75, 3.05) is 13.2 Å². The van der Waals surface area contributed by atoms with Crippen molar-refractivity contribution in [2.24, 2.45) is 5.92 Å². The zero-order chi connectivity index (χ0) is 13.4. The molecule has 2 atom stereocenters. The molecular formula is C16H33NO. The number of unbranched alkanes of at least 4 members (excludes halogenated alkanes) is 2. The van der Waals surface area contributed by atoms with Crippen molar-refractivity contribution >= 4 is 0 Å². The van der Waals surface area contributed by atoms with E-state index in [0.29, 0.717) is 6.04 Å². The highest BCUT2D eigenvalue weighted by atomic mass is 16.5. The summed E-state index contributed by atoms with van der Waals surface area (Å²) in [4.78, 5) is 0. The lowest BCUT2D eigenvalue weighted by atomic mass is 9.78. The van der Waals surface area contributed by atoms with E-state index in [9.17, 15) is 0 Å². The van der Waals surface area contributed by atoms with E-state index in [1.54, 1.807) is 0 Å². The van der Waals surface area contributed by atoms with Crippen LogP contribution in [0.4, 0.5) is 0 Å². The van der Waals surface area contributed by atoms with Crippen LogP contribution in [0.25, 0.3) is 0 Å². The quantitative estimate of drug-likeness (QED) is 0.658. The number of nitrogens with one attached hydrogen (secondary N) is 1. The van der Waals surface area contributed by atoms with Crippen molar-refractivity contribution in [1.82, 2.24) is 5.32 Å². The average Bonchev–Trinajstić information content (AvgIpc) is 2.33. The normalized spacial score (nSPS) is 28.8. The Balaban J connectivity index is 2.44. The van der Waals surface area contributed by atoms with Gasteiger partial charge in [-0.1, -0.05) is 53.4 Å². The highest BCUT2D eigenvalue weighted by Gasteiger charge is 2.35. The van der Waals surface area contributed by atoms with Crippen molar-refractivity contribution in [3.05, 3.63) is 0 Å². The minimum atomic E-state index is 0.121. The highest BCUT2D eigenvalue weighted by molar-refractivity contribution is 4.89. The maximum atomic E-state index is 6.33. The lowest BCUT2D eigenvalue weighted by molar-refractivity contribution is -0.0812. The van der Waals surface area contributed by atoms with Crippen LogP contribution in [0.5, 0.6) is 0 Å². The Morgan fingerprint density at radius 1 is 1.33 bits per heavy atom. The molecule has 0 bridgehead atoms. The number of ether oxygens (including phenoxy) is 1. The van der Waals surface area contributed by atoms with Gasteiger partial charge < -0.3 is 10.1 Å². The van der Waals surface area contributed by atoms with E-state index in [1.165, 1.54) is 44.9 Å². The van der Waals surface area contributed by atoms with E-state index in [-0.39, 0.29) is 5.60 Å². The van der Waals surface area contributed by atoms with E-state index in [2.05, 4.69) is 33.0 Å². The van der Waals surface area contributed by atoms with E-state index in [0.717, 1.165) is 19.1 Å². The fourth-order valence-corrected chi connectivity index (χ4v) is 2.99. The fraction of sp³-hybridized carbons (Fsp3) is 1.00. The molecule has 108 valence electrons. The average molecular weight is 255 g/mol. The molecule has 0 aliphatic heterocycles. The van der Waals surface area contributed by atoms with Gasteiger partial charge in [0.2, 0.25) is 0 Å². The monoisotopic (exact) mass is 255 g/mol. The number of rotatable bonds is 8. The van der Waals surface area contributed by atoms with Gasteiger partial charge in [0, 0.05) is 19.2 Å². The van der Waals surface area contributed by atoms with Crippen LogP contribution < -0.4 is 5.32 Å². The molecule has 0 heterocycles. The highest BCUT2D eigenvalue weighted by Crippen LogP contribution is 2.35. The van der Waals surface area contributed by atoms with Crippen molar-refractivity contribution in [1.29, 1.82) is 0 Å². The van der Waals surface area contributed by atoms with Gasteiger partial charge in [0.1, 0.15) is 0 Å². The second-order valence-corrected chi connectivity index (χ2v) is 6.48. The van der Waals surface area contributed by atoms with E-state index < -0.39 is 0 Å². The summed E-state index contributed by atoms with van der Waals surface area (Å²) in [5.74, 6) is 0.818. The Bertz CT molecular complexity index is 217. The van der Waals surface area contributed by atoms with E-state index >= 15 is 0 Å². The summed E-state index contributed by atoms with van der Waals surface area (Å²) in [6.45, 7) is 11.0. The van der Waals surface area contributed by atoms with Crippen LogP contribution in [-0.2, 0) is 4.74 Å². The minimum absolute atomic E-state index is 0.121. The summed E-state index contributed by atoms with van der Waals surface area (Å²) >= 11 is 0. The molecule has 1 fully saturated rings. The molecule has 2 heteroatoms. The van der Waals surface area contributed by atoms with Crippen LogP contribution in [0, 0.1) is 5.92 Å². The van der Waals surface area contributed by atoms with Crippen molar-refractivity contribution in [3.8, 4) is 0 Å². The zero-order valence-electron chi connectivity index (χ0n) is 12.9. The fourth-order valence-electron chi connectivity index (χ4n) is 2.99. The standard InChI is InChI=1S/C16H33NO/c1-5-6-7-11-18-16(13-17-14(2)3)10-8-9-15(4)12-16/h14-15,17H,5-13H2,1-4H3. The maximum Gasteiger partial charge on any atom is 0.0808 e. The van der Waals surface area contributed by atoms with Crippen LogP contribution >= 0.6 is 0 Å². The predicted molar refractivity (Wildman–Crippen MR) is 79.0 cm³/mol. The minimum Gasteiger partial charge on any atom is -0.374 e. The molecule has 0 aromatic rings. The molecule has 1 aliphatic carbocycles. The smallest absolute Gasteiger partial charge is 0.0808 e. The van der Waals surface area contributed by atoms with Gasteiger partial charge >= 0.3 is 0 Å². The number of hydrogen-bond donors (Lipinski definition) is 1. The molecule has 2 unspecified atom stereocenters. The summed E-state index contributed by atoms with van der Waals surface area (Å²) in [7, 11) is 0. The van der Waals surface area contributed by atoms with E-state index in [4.69, 9.17) is 4.74 Å². The van der Waals surface area contributed by atoms with Gasteiger partial charge in [-0.3, -0.25) is 0 Å². The van der Waals surface area contributed by atoms with Gasteiger partial charge in [-0.15, -0.1) is 0 Å². The van der Waals surface area contributed by atoms with Crippen LogP contribution in [0.15, 0.2) is 0 Å². The van der Waals surface area contributed by atoms with Gasteiger partial charge in [0.25, 0.3) is 0 Å². The molecule has 1 rings (SSSR count). The van der Waals surface area contributed by atoms with Gasteiger partial charge in [-0.05, 0) is 25.2 Å². The maximum absolute atomic E-state index is 6.33. The Labute approximate surface area is 114 Å². The first-order valence-electron chi connectivity index (χ1n) is 7.95. The van der Waals surface area contributed by atoms with Crippen molar-refractivity contribution in [2.45, 2.75) is 84.3 Å². The largest absolute Gasteiger partial charge is 0.374 e. The Hall–Kier alpha value is -0.0800. The molecule has 0 amide bonds. The Kier molecular flexibility index (Phi) is 7.25. The second kappa shape index (κ2) is 8.16. The van der Waals surface area contributed by atoms with Crippen LogP contribution in [-0.4, -0.2) is 24.8 Å². The molecule has 0 aromatic heterocycles. The van der Waals surface area contributed by atoms with Crippen molar-refractivity contribution in [3.63, 3.8) is 0 Å².